The van der Waals surface area contributed by atoms with Gasteiger partial charge >= 0.3 is 0 Å². The van der Waals surface area contributed by atoms with Crippen LogP contribution < -0.4 is 10.5 Å². The number of fused-ring (bicyclic) bond motifs is 2. The van der Waals surface area contributed by atoms with E-state index in [1.807, 2.05) is 31.2 Å². The van der Waals surface area contributed by atoms with Crippen molar-refractivity contribution in [3.8, 4) is 5.69 Å². The first-order chi connectivity index (χ1) is 18.7. The molecule has 0 aliphatic carbocycles. The minimum atomic E-state index is -1.83. The molecular weight excluding hydrogens is 490 g/mol. The summed E-state index contributed by atoms with van der Waals surface area (Å²) < 4.78 is 1.30. The van der Waals surface area contributed by atoms with Crippen molar-refractivity contribution in [1.29, 1.82) is 0 Å². The largest absolute Gasteiger partial charge is 0.396 e. The van der Waals surface area contributed by atoms with Gasteiger partial charge in [0.15, 0.2) is 5.60 Å². The van der Waals surface area contributed by atoms with Gasteiger partial charge < -0.3 is 15.1 Å². The van der Waals surface area contributed by atoms with Crippen LogP contribution in [0.5, 0.6) is 0 Å². The van der Waals surface area contributed by atoms with Crippen LogP contribution in [0.25, 0.3) is 16.5 Å². The Balaban J connectivity index is 1.76. The van der Waals surface area contributed by atoms with Gasteiger partial charge in [-0.3, -0.25) is 9.59 Å². The topological polar surface area (TPSA) is 95.7 Å². The maximum Gasteiger partial charge on any atom is 0.279 e. The third-order valence-electron chi connectivity index (χ3n) is 7.29. The van der Waals surface area contributed by atoms with Crippen molar-refractivity contribution in [3.05, 3.63) is 100 Å². The van der Waals surface area contributed by atoms with Crippen molar-refractivity contribution < 1.29 is 15.0 Å². The van der Waals surface area contributed by atoms with Gasteiger partial charge in [0.25, 0.3) is 11.5 Å². The minimum absolute atomic E-state index is 0.0180. The fourth-order valence-electron chi connectivity index (χ4n) is 4.97. The molecule has 7 heteroatoms. The molecule has 0 radical (unpaired) electrons. The van der Waals surface area contributed by atoms with E-state index in [4.69, 9.17) is 0 Å². The Labute approximate surface area is 229 Å². The number of nitrogens with zero attached hydrogens (tertiary/aromatic N) is 3. The second kappa shape index (κ2) is 11.9. The number of benzene rings is 2. The van der Waals surface area contributed by atoms with Crippen LogP contribution >= 0.6 is 0 Å². The van der Waals surface area contributed by atoms with Gasteiger partial charge in [-0.1, -0.05) is 60.6 Å². The molecule has 1 amide bonds. The molecule has 7 nitrogen and oxygen atoms in total. The van der Waals surface area contributed by atoms with Crippen LogP contribution in [-0.2, 0) is 10.4 Å². The summed E-state index contributed by atoms with van der Waals surface area (Å²) in [6.45, 7) is 8.29. The molecule has 0 unspecified atom stereocenters. The van der Waals surface area contributed by atoms with Gasteiger partial charge in [-0.05, 0) is 64.3 Å². The predicted octanol–water partition coefficient (Wildman–Crippen LogP) is 5.19. The molecule has 2 aromatic carbocycles. The number of carbonyl (C=O) groups excluding carboxylic acids is 1. The van der Waals surface area contributed by atoms with E-state index in [0.717, 1.165) is 23.8 Å². The van der Waals surface area contributed by atoms with Crippen LogP contribution in [0, 0.1) is 5.92 Å². The Morgan fingerprint density at radius 3 is 2.59 bits per heavy atom. The van der Waals surface area contributed by atoms with Gasteiger partial charge in [-0.2, -0.15) is 9.78 Å². The highest BCUT2D eigenvalue weighted by Crippen LogP contribution is 2.46. The summed E-state index contributed by atoms with van der Waals surface area (Å²) in [6, 6.07) is 12.5. The zero-order valence-corrected chi connectivity index (χ0v) is 23.1. The summed E-state index contributed by atoms with van der Waals surface area (Å²) >= 11 is 0. The molecule has 0 saturated carbocycles. The van der Waals surface area contributed by atoms with Gasteiger partial charge in [-0.15, -0.1) is 0 Å². The van der Waals surface area contributed by atoms with Gasteiger partial charge in [0, 0.05) is 30.0 Å². The normalized spacial score (nSPS) is 18.2. The first kappa shape index (κ1) is 28.2. The van der Waals surface area contributed by atoms with Crippen molar-refractivity contribution in [1.82, 2.24) is 9.78 Å². The number of hydrogen-bond donors (Lipinski definition) is 2. The second-order valence-electron chi connectivity index (χ2n) is 10.4. The number of anilines is 1. The first-order valence-corrected chi connectivity index (χ1v) is 13.4. The second-order valence-corrected chi connectivity index (χ2v) is 10.4. The number of hydrogen-bond acceptors (Lipinski definition) is 5. The maximum absolute atomic E-state index is 13.8. The predicted molar refractivity (Wildman–Crippen MR) is 156 cm³/mol. The van der Waals surface area contributed by atoms with Crippen molar-refractivity contribution >= 4 is 22.4 Å². The number of carbonyl (C=O) groups is 1. The quantitative estimate of drug-likeness (QED) is 0.354. The van der Waals surface area contributed by atoms with E-state index in [0.29, 0.717) is 35.3 Å². The van der Waals surface area contributed by atoms with E-state index in [1.165, 1.54) is 10.3 Å². The minimum Gasteiger partial charge on any atom is -0.396 e. The number of aromatic nitrogens is 2. The van der Waals surface area contributed by atoms with Crippen LogP contribution in [0.2, 0.25) is 0 Å². The summed E-state index contributed by atoms with van der Waals surface area (Å²) in [6.07, 6.45) is 11.6. The number of aliphatic hydroxyl groups excluding tert-OH is 1. The van der Waals surface area contributed by atoms with Crippen molar-refractivity contribution in [3.63, 3.8) is 0 Å². The molecule has 2 heterocycles. The summed E-state index contributed by atoms with van der Waals surface area (Å²) in [5.41, 5.74) is 1.84. The molecule has 204 valence electrons. The molecule has 39 heavy (non-hydrogen) atoms. The highest BCUT2D eigenvalue weighted by atomic mass is 16.3. The lowest BCUT2D eigenvalue weighted by Gasteiger charge is -2.27. The molecular formula is C32H37N3O4. The van der Waals surface area contributed by atoms with Crippen molar-refractivity contribution in [2.24, 2.45) is 5.92 Å². The Bertz CT molecular complexity index is 1510. The van der Waals surface area contributed by atoms with Gasteiger partial charge in [0.05, 0.1) is 23.0 Å². The Morgan fingerprint density at radius 2 is 1.85 bits per heavy atom. The lowest BCUT2D eigenvalue weighted by molar-refractivity contribution is -0.139. The standard InChI is InChI=1S/C32H37N3O4/c1-22(2)10-9-11-23(3)17-18-34-29-16-15-26(35-30(37)27-14-6-5-13-25(27)21-33-35)20-28(29)32(39,31(34)38)24(4)12-7-8-19-36/h5-7,10,12-17,20-21,24,36,39H,8-9,11,18-19H2,1-4H3/b12-7+,23-17+/t24-,32+/m1/s1. The smallest absolute Gasteiger partial charge is 0.279 e. The summed E-state index contributed by atoms with van der Waals surface area (Å²) in [5.74, 6) is -0.984. The number of aliphatic hydroxyl groups is 2. The Morgan fingerprint density at radius 1 is 1.08 bits per heavy atom. The van der Waals surface area contributed by atoms with E-state index in [9.17, 15) is 19.8 Å². The van der Waals surface area contributed by atoms with Crippen LogP contribution in [0.3, 0.4) is 0 Å². The fraction of sp³-hybridized carbons (Fsp3) is 0.344. The summed E-state index contributed by atoms with van der Waals surface area (Å²) in [5, 5.41) is 26.8. The van der Waals surface area contributed by atoms with Crippen LogP contribution in [0.15, 0.2) is 88.9 Å². The molecule has 1 aromatic heterocycles. The summed E-state index contributed by atoms with van der Waals surface area (Å²) in [4.78, 5) is 28.7. The molecule has 4 rings (SSSR count). The highest BCUT2D eigenvalue weighted by molar-refractivity contribution is 6.07. The van der Waals surface area contributed by atoms with Gasteiger partial charge in [0.1, 0.15) is 0 Å². The average Bonchev–Trinajstić information content (AvgIpc) is 3.14. The van der Waals surface area contributed by atoms with E-state index in [-0.39, 0.29) is 12.2 Å². The third kappa shape index (κ3) is 5.65. The van der Waals surface area contributed by atoms with Crippen molar-refractivity contribution in [2.75, 3.05) is 18.1 Å². The molecule has 0 saturated heterocycles. The van der Waals surface area contributed by atoms with E-state index in [2.05, 4.69) is 25.0 Å². The molecule has 0 bridgehead atoms. The fourth-order valence-corrected chi connectivity index (χ4v) is 4.97. The van der Waals surface area contributed by atoms with Gasteiger partial charge in [0.2, 0.25) is 0 Å². The zero-order chi connectivity index (χ0) is 28.2. The molecule has 3 aromatic rings. The molecule has 0 spiro atoms. The van der Waals surface area contributed by atoms with Crippen LogP contribution in [0.4, 0.5) is 5.69 Å². The van der Waals surface area contributed by atoms with Crippen LogP contribution in [-0.4, -0.2) is 39.1 Å². The van der Waals surface area contributed by atoms with Gasteiger partial charge in [-0.25, -0.2) is 0 Å². The third-order valence-corrected chi connectivity index (χ3v) is 7.29. The summed E-state index contributed by atoms with van der Waals surface area (Å²) in [7, 11) is 0. The molecule has 1 aliphatic heterocycles. The zero-order valence-electron chi connectivity index (χ0n) is 23.1. The molecule has 2 atom stereocenters. The SMILES string of the molecule is CC(C)=CCC/C(C)=C/CN1C(=O)[C@](O)([C@H](C)/C=C/CCO)c2cc(-n3ncc4ccccc4c3=O)ccc21. The van der Waals surface area contributed by atoms with E-state index < -0.39 is 17.4 Å². The van der Waals surface area contributed by atoms with E-state index >= 15 is 0 Å². The average molecular weight is 528 g/mol. The monoisotopic (exact) mass is 527 g/mol. The number of allylic oxidation sites excluding steroid dienone is 3. The lowest BCUT2D eigenvalue weighted by atomic mass is 9.82. The molecule has 1 aliphatic rings. The van der Waals surface area contributed by atoms with Crippen molar-refractivity contribution in [2.45, 2.75) is 52.6 Å². The highest BCUT2D eigenvalue weighted by Gasteiger charge is 2.52. The lowest BCUT2D eigenvalue weighted by Crippen LogP contribution is -2.44. The maximum atomic E-state index is 13.8. The molecule has 0 fully saturated rings. The Kier molecular flexibility index (Phi) is 8.63. The Hall–Kier alpha value is -3.81. The number of amides is 1. The van der Waals surface area contributed by atoms with E-state index in [1.54, 1.807) is 54.4 Å². The molecule has 2 N–H and O–H groups in total. The van der Waals surface area contributed by atoms with Crippen LogP contribution in [0.1, 0.15) is 52.5 Å². The first-order valence-electron chi connectivity index (χ1n) is 13.4. The number of rotatable bonds is 10.